The molecule has 0 heterocycles. The molecule has 2 aromatic rings. The Morgan fingerprint density at radius 2 is 1.63 bits per heavy atom. The minimum absolute atomic E-state index is 0.108. The lowest BCUT2D eigenvalue weighted by molar-refractivity contribution is 0.422. The van der Waals surface area contributed by atoms with Crippen molar-refractivity contribution in [3.8, 4) is 11.5 Å². The zero-order valence-electron chi connectivity index (χ0n) is 9.98. The second kappa shape index (κ2) is 5.73. The number of phenols is 1. The summed E-state index contributed by atoms with van der Waals surface area (Å²) in [5, 5.41) is 9.44. The van der Waals surface area contributed by atoms with E-state index in [9.17, 15) is 13.5 Å². The van der Waals surface area contributed by atoms with Crippen LogP contribution in [0, 0.1) is 0 Å². The fourth-order valence-corrected chi connectivity index (χ4v) is 2.22. The van der Waals surface area contributed by atoms with E-state index in [2.05, 4.69) is 4.72 Å². The molecule has 0 aliphatic carbocycles. The number of phenolic OH excluding ortho intramolecular Hbond substituents is 1. The lowest BCUT2D eigenvalue weighted by atomic mass is 10.2. The third kappa shape index (κ3) is 3.97. The van der Waals surface area contributed by atoms with Crippen LogP contribution in [0.5, 0.6) is 11.5 Å². The third-order valence-electron chi connectivity index (χ3n) is 2.36. The van der Waals surface area contributed by atoms with Crippen molar-refractivity contribution in [3.05, 3.63) is 60.2 Å². The van der Waals surface area contributed by atoms with E-state index in [-0.39, 0.29) is 18.0 Å². The Kier molecular flexibility index (Phi) is 4.03. The Hall–Kier alpha value is -2.05. The van der Waals surface area contributed by atoms with Gasteiger partial charge < -0.3 is 9.29 Å². The van der Waals surface area contributed by atoms with Crippen molar-refractivity contribution < 1.29 is 17.7 Å². The van der Waals surface area contributed by atoms with Gasteiger partial charge in [0.05, 0.1) is 0 Å². The van der Waals surface area contributed by atoms with Crippen molar-refractivity contribution in [1.82, 2.24) is 4.72 Å². The van der Waals surface area contributed by atoms with Crippen molar-refractivity contribution in [2.75, 3.05) is 0 Å². The zero-order valence-corrected chi connectivity index (χ0v) is 10.8. The van der Waals surface area contributed by atoms with Gasteiger partial charge in [-0.3, -0.25) is 0 Å². The first-order chi connectivity index (χ1) is 9.07. The first-order valence-corrected chi connectivity index (χ1v) is 6.99. The minimum Gasteiger partial charge on any atom is -0.504 e. The number of nitrogens with one attached hydrogen (secondary N) is 1. The molecular weight excluding hydrogens is 266 g/mol. The third-order valence-corrected chi connectivity index (χ3v) is 3.26. The van der Waals surface area contributed by atoms with Crippen LogP contribution in [0.15, 0.2) is 54.6 Å². The fraction of sp³-hybridized carbons (Fsp3) is 0.0769. The highest BCUT2D eigenvalue weighted by Gasteiger charge is 2.14. The van der Waals surface area contributed by atoms with E-state index in [1.807, 2.05) is 18.2 Å². The Bertz CT molecular complexity index is 641. The summed E-state index contributed by atoms with van der Waals surface area (Å²) in [4.78, 5) is 0. The molecule has 100 valence electrons. The lowest BCUT2D eigenvalue weighted by Gasteiger charge is -2.09. The normalized spacial score (nSPS) is 11.2. The summed E-state index contributed by atoms with van der Waals surface area (Å²) in [6.45, 7) is 0.122. The van der Waals surface area contributed by atoms with Gasteiger partial charge >= 0.3 is 10.3 Å². The SMILES string of the molecule is O=S(=O)(NCc1ccccc1)Oc1ccccc1O. The topological polar surface area (TPSA) is 75.6 Å². The van der Waals surface area contributed by atoms with Gasteiger partial charge in [0, 0.05) is 6.54 Å². The highest BCUT2D eigenvalue weighted by atomic mass is 32.2. The van der Waals surface area contributed by atoms with Crippen LogP contribution in [0.3, 0.4) is 0 Å². The Labute approximate surface area is 111 Å². The van der Waals surface area contributed by atoms with Crippen LogP contribution in [0.1, 0.15) is 5.56 Å². The van der Waals surface area contributed by atoms with Crippen molar-refractivity contribution >= 4 is 10.3 Å². The quantitative estimate of drug-likeness (QED) is 0.875. The molecule has 2 N–H and O–H groups in total. The number of hydrogen-bond donors (Lipinski definition) is 2. The molecule has 0 aromatic heterocycles. The molecule has 0 fully saturated rings. The van der Waals surface area contributed by atoms with Gasteiger partial charge in [-0.2, -0.15) is 13.1 Å². The summed E-state index contributed by atoms with van der Waals surface area (Å²) in [6.07, 6.45) is 0. The highest BCUT2D eigenvalue weighted by Crippen LogP contribution is 2.25. The predicted octanol–water partition coefficient (Wildman–Crippen LogP) is 1.81. The summed E-state index contributed by atoms with van der Waals surface area (Å²) in [5.41, 5.74) is 0.812. The number of para-hydroxylation sites is 2. The zero-order chi connectivity index (χ0) is 13.7. The molecule has 0 radical (unpaired) electrons. The van der Waals surface area contributed by atoms with Crippen molar-refractivity contribution in [1.29, 1.82) is 0 Å². The van der Waals surface area contributed by atoms with Gasteiger partial charge in [0.2, 0.25) is 0 Å². The van der Waals surface area contributed by atoms with Crippen LogP contribution in [-0.2, 0) is 16.8 Å². The molecule has 0 spiro atoms. The monoisotopic (exact) mass is 279 g/mol. The standard InChI is InChI=1S/C13H13NO4S/c15-12-8-4-5-9-13(12)18-19(16,17)14-10-11-6-2-1-3-7-11/h1-9,14-15H,10H2. The van der Waals surface area contributed by atoms with E-state index >= 15 is 0 Å². The van der Waals surface area contributed by atoms with Gasteiger partial charge in [-0.25, -0.2) is 0 Å². The van der Waals surface area contributed by atoms with Crippen LogP contribution in [0.25, 0.3) is 0 Å². The lowest BCUT2D eigenvalue weighted by Crippen LogP contribution is -2.27. The Balaban J connectivity index is 2.02. The molecule has 0 amide bonds. The van der Waals surface area contributed by atoms with Crippen molar-refractivity contribution in [2.45, 2.75) is 6.54 Å². The maximum atomic E-state index is 11.7. The Morgan fingerprint density at radius 3 is 2.32 bits per heavy atom. The smallest absolute Gasteiger partial charge is 0.383 e. The fourth-order valence-electron chi connectivity index (χ4n) is 1.44. The van der Waals surface area contributed by atoms with Crippen LogP contribution in [0.2, 0.25) is 0 Å². The molecule has 0 aliphatic heterocycles. The van der Waals surface area contributed by atoms with Gasteiger partial charge in [-0.15, -0.1) is 0 Å². The number of benzene rings is 2. The molecular formula is C13H13NO4S. The van der Waals surface area contributed by atoms with Crippen molar-refractivity contribution in [2.24, 2.45) is 0 Å². The van der Waals surface area contributed by atoms with Crippen LogP contribution < -0.4 is 8.91 Å². The maximum Gasteiger partial charge on any atom is 0.383 e. The van der Waals surface area contributed by atoms with E-state index in [1.54, 1.807) is 24.3 Å². The summed E-state index contributed by atoms with van der Waals surface area (Å²) < 4.78 is 30.4. The summed E-state index contributed by atoms with van der Waals surface area (Å²) in [6, 6.07) is 14.9. The number of aromatic hydroxyl groups is 1. The van der Waals surface area contributed by atoms with E-state index in [0.29, 0.717) is 0 Å². The van der Waals surface area contributed by atoms with Gasteiger partial charge in [0.1, 0.15) is 0 Å². The first kappa shape index (κ1) is 13.4. The van der Waals surface area contributed by atoms with E-state index in [1.165, 1.54) is 12.1 Å². The number of hydrogen-bond acceptors (Lipinski definition) is 4. The highest BCUT2D eigenvalue weighted by molar-refractivity contribution is 7.85. The molecule has 19 heavy (non-hydrogen) atoms. The second-order valence-corrected chi connectivity index (χ2v) is 5.18. The van der Waals surface area contributed by atoms with E-state index < -0.39 is 10.3 Å². The van der Waals surface area contributed by atoms with Gasteiger partial charge in [-0.1, -0.05) is 42.5 Å². The molecule has 0 unspecified atom stereocenters. The summed E-state index contributed by atoms with van der Waals surface area (Å²) >= 11 is 0. The number of rotatable bonds is 5. The van der Waals surface area contributed by atoms with Crippen LogP contribution in [-0.4, -0.2) is 13.5 Å². The van der Waals surface area contributed by atoms with Gasteiger partial charge in [-0.05, 0) is 17.7 Å². The summed E-state index contributed by atoms with van der Waals surface area (Å²) in [5.74, 6) is -0.337. The largest absolute Gasteiger partial charge is 0.504 e. The van der Waals surface area contributed by atoms with Crippen molar-refractivity contribution in [3.63, 3.8) is 0 Å². The molecule has 0 atom stereocenters. The predicted molar refractivity (Wildman–Crippen MR) is 70.9 cm³/mol. The Morgan fingerprint density at radius 1 is 1.00 bits per heavy atom. The minimum atomic E-state index is -3.97. The molecule has 6 heteroatoms. The molecule has 0 bridgehead atoms. The second-order valence-electron chi connectivity index (χ2n) is 3.81. The van der Waals surface area contributed by atoms with E-state index in [4.69, 9.17) is 4.18 Å². The van der Waals surface area contributed by atoms with Gasteiger partial charge in [0.15, 0.2) is 11.5 Å². The molecule has 2 rings (SSSR count). The molecule has 0 aliphatic rings. The molecule has 5 nitrogen and oxygen atoms in total. The van der Waals surface area contributed by atoms with Gasteiger partial charge in [0.25, 0.3) is 0 Å². The van der Waals surface area contributed by atoms with Crippen LogP contribution in [0.4, 0.5) is 0 Å². The average molecular weight is 279 g/mol. The first-order valence-electron chi connectivity index (χ1n) is 5.58. The van der Waals surface area contributed by atoms with Crippen LogP contribution >= 0.6 is 0 Å². The maximum absolute atomic E-state index is 11.7. The molecule has 2 aromatic carbocycles. The average Bonchev–Trinajstić information content (AvgIpc) is 2.40. The molecule has 0 saturated carbocycles. The van der Waals surface area contributed by atoms with E-state index in [0.717, 1.165) is 5.56 Å². The molecule has 0 saturated heterocycles. The summed E-state index contributed by atoms with van der Waals surface area (Å²) in [7, 11) is -3.97.